The van der Waals surface area contributed by atoms with E-state index < -0.39 is 8.03 Å². The fourth-order valence-electron chi connectivity index (χ4n) is 1.89. The predicted octanol–water partition coefficient (Wildman–Crippen LogP) is 4.51. The van der Waals surface area contributed by atoms with Crippen molar-refractivity contribution in [2.75, 3.05) is 0 Å². The monoisotopic (exact) mass is 230 g/mol. The molecular weight excluding hydrogens is 207 g/mol. The van der Waals surface area contributed by atoms with Crippen molar-refractivity contribution in [2.24, 2.45) is 0 Å². The summed E-state index contributed by atoms with van der Waals surface area (Å²) in [6, 6.07) is 0. The van der Waals surface area contributed by atoms with Crippen LogP contribution in [0.1, 0.15) is 58.3 Å². The maximum absolute atomic E-state index is 11.6. The van der Waals surface area contributed by atoms with E-state index in [4.69, 9.17) is 4.52 Å². The summed E-state index contributed by atoms with van der Waals surface area (Å²) in [5.74, 6) is 1.77. The molecule has 1 aliphatic rings. The number of hydrogen-bond donors (Lipinski definition) is 0. The molecule has 1 saturated carbocycles. The van der Waals surface area contributed by atoms with Crippen LogP contribution in [0.25, 0.3) is 0 Å². The SMILES string of the molecule is CCCCC=C[PH](=O)OC1CCCCC1. The molecule has 0 N–H and O–H groups in total. The van der Waals surface area contributed by atoms with Crippen molar-refractivity contribution in [1.82, 2.24) is 0 Å². The molecule has 0 radical (unpaired) electrons. The van der Waals surface area contributed by atoms with Crippen LogP contribution < -0.4 is 0 Å². The Kier molecular flexibility index (Phi) is 7.04. The second-order valence-electron chi connectivity index (χ2n) is 4.24. The van der Waals surface area contributed by atoms with Crippen molar-refractivity contribution in [3.05, 3.63) is 11.9 Å². The highest BCUT2D eigenvalue weighted by Crippen LogP contribution is 2.32. The van der Waals surface area contributed by atoms with Gasteiger partial charge in [0.1, 0.15) is 0 Å². The predicted molar refractivity (Wildman–Crippen MR) is 65.6 cm³/mol. The largest absolute Gasteiger partial charge is 0.324 e. The van der Waals surface area contributed by atoms with E-state index in [0.29, 0.717) is 0 Å². The van der Waals surface area contributed by atoms with Gasteiger partial charge in [-0.1, -0.05) is 45.1 Å². The molecule has 0 bridgehead atoms. The number of allylic oxidation sites excluding steroid dienone is 1. The zero-order chi connectivity index (χ0) is 10.9. The van der Waals surface area contributed by atoms with Gasteiger partial charge in [-0.2, -0.15) is 0 Å². The fourth-order valence-corrected chi connectivity index (χ4v) is 2.89. The zero-order valence-electron chi connectivity index (χ0n) is 9.71. The van der Waals surface area contributed by atoms with Crippen LogP contribution in [0.2, 0.25) is 0 Å². The first kappa shape index (κ1) is 13.0. The Morgan fingerprint density at radius 2 is 2.07 bits per heavy atom. The Hall–Kier alpha value is -0.0700. The molecule has 15 heavy (non-hydrogen) atoms. The Bertz CT molecular complexity index is 208. The lowest BCUT2D eigenvalue weighted by Gasteiger charge is -2.20. The molecule has 1 fully saturated rings. The van der Waals surface area contributed by atoms with E-state index in [2.05, 4.69) is 6.92 Å². The highest BCUT2D eigenvalue weighted by molar-refractivity contribution is 7.42. The van der Waals surface area contributed by atoms with Gasteiger partial charge in [0.05, 0.1) is 6.10 Å². The second kappa shape index (κ2) is 8.13. The first-order chi connectivity index (χ1) is 7.33. The van der Waals surface area contributed by atoms with Gasteiger partial charge in [-0.3, -0.25) is 4.57 Å². The summed E-state index contributed by atoms with van der Waals surface area (Å²) >= 11 is 0. The lowest BCUT2D eigenvalue weighted by molar-refractivity contribution is 0.168. The zero-order valence-corrected chi connectivity index (χ0v) is 10.7. The van der Waals surface area contributed by atoms with Crippen LogP contribution in [-0.4, -0.2) is 6.10 Å². The number of hydrogen-bond acceptors (Lipinski definition) is 2. The first-order valence-corrected chi connectivity index (χ1v) is 7.59. The summed E-state index contributed by atoms with van der Waals surface area (Å²) in [7, 11) is -1.90. The van der Waals surface area contributed by atoms with E-state index in [-0.39, 0.29) is 6.10 Å². The van der Waals surface area contributed by atoms with Gasteiger partial charge >= 0.3 is 0 Å². The summed E-state index contributed by atoms with van der Waals surface area (Å²) in [4.78, 5) is 0. The van der Waals surface area contributed by atoms with Crippen LogP contribution in [0, 0.1) is 0 Å². The molecule has 3 heteroatoms. The maximum atomic E-state index is 11.6. The van der Waals surface area contributed by atoms with Crippen LogP contribution in [0.3, 0.4) is 0 Å². The molecule has 0 heterocycles. The molecule has 88 valence electrons. The first-order valence-electron chi connectivity index (χ1n) is 6.20. The van der Waals surface area contributed by atoms with E-state index >= 15 is 0 Å². The van der Waals surface area contributed by atoms with Gasteiger partial charge in [-0.05, 0) is 25.1 Å². The Labute approximate surface area is 94.0 Å². The molecule has 0 aliphatic heterocycles. The van der Waals surface area contributed by atoms with E-state index in [0.717, 1.165) is 19.3 Å². The number of unbranched alkanes of at least 4 members (excludes halogenated alkanes) is 2. The molecule has 0 amide bonds. The van der Waals surface area contributed by atoms with Crippen LogP contribution in [0.5, 0.6) is 0 Å². The smallest absolute Gasteiger partial charge is 0.213 e. The van der Waals surface area contributed by atoms with Crippen LogP contribution in [-0.2, 0) is 9.09 Å². The van der Waals surface area contributed by atoms with Crippen molar-refractivity contribution < 1.29 is 9.09 Å². The van der Waals surface area contributed by atoms with Crippen LogP contribution in [0.15, 0.2) is 11.9 Å². The molecule has 0 aromatic heterocycles. The standard InChI is InChI=1S/C12H23O2P/c1-2-3-4-8-11-15(13)14-12-9-6-5-7-10-12/h8,11-12,15H,2-7,9-10H2,1H3. The normalized spacial score (nSPS) is 20.9. The molecule has 2 nitrogen and oxygen atoms in total. The molecule has 1 aliphatic carbocycles. The van der Waals surface area contributed by atoms with E-state index in [1.165, 1.54) is 32.1 Å². The van der Waals surface area contributed by atoms with Crippen molar-refractivity contribution in [1.29, 1.82) is 0 Å². The van der Waals surface area contributed by atoms with Crippen LogP contribution in [0.4, 0.5) is 0 Å². The van der Waals surface area contributed by atoms with E-state index in [1.54, 1.807) is 5.82 Å². The molecule has 1 atom stereocenters. The summed E-state index contributed by atoms with van der Waals surface area (Å²) < 4.78 is 17.1. The maximum Gasteiger partial charge on any atom is 0.213 e. The lowest BCUT2D eigenvalue weighted by atomic mass is 9.98. The molecular formula is C12H23O2P. The molecule has 1 unspecified atom stereocenters. The summed E-state index contributed by atoms with van der Waals surface area (Å²) in [5, 5.41) is 0. The molecule has 0 aromatic rings. The van der Waals surface area contributed by atoms with Crippen molar-refractivity contribution in [2.45, 2.75) is 64.4 Å². The quantitative estimate of drug-likeness (QED) is 0.495. The van der Waals surface area contributed by atoms with Gasteiger partial charge in [0.2, 0.25) is 8.03 Å². The third-order valence-electron chi connectivity index (χ3n) is 2.81. The van der Waals surface area contributed by atoms with Crippen LogP contribution >= 0.6 is 8.03 Å². The second-order valence-corrected chi connectivity index (χ2v) is 5.45. The minimum Gasteiger partial charge on any atom is -0.324 e. The highest BCUT2D eigenvalue weighted by atomic mass is 31.1. The number of rotatable bonds is 6. The van der Waals surface area contributed by atoms with Gasteiger partial charge in [-0.15, -0.1) is 0 Å². The average Bonchev–Trinajstić information content (AvgIpc) is 2.26. The third-order valence-corrected chi connectivity index (χ3v) is 3.89. The lowest BCUT2D eigenvalue weighted by Crippen LogP contribution is -2.12. The highest BCUT2D eigenvalue weighted by Gasteiger charge is 2.14. The minimum absolute atomic E-state index is 0.265. The molecule has 0 aromatic carbocycles. The van der Waals surface area contributed by atoms with E-state index in [1.807, 2.05) is 6.08 Å². The van der Waals surface area contributed by atoms with Gasteiger partial charge in [-0.25, -0.2) is 0 Å². The third kappa shape index (κ3) is 6.17. The van der Waals surface area contributed by atoms with Crippen molar-refractivity contribution in [3.8, 4) is 0 Å². The van der Waals surface area contributed by atoms with E-state index in [9.17, 15) is 4.57 Å². The van der Waals surface area contributed by atoms with Crippen molar-refractivity contribution in [3.63, 3.8) is 0 Å². The van der Waals surface area contributed by atoms with Gasteiger partial charge in [0.15, 0.2) is 0 Å². The molecule has 0 spiro atoms. The fraction of sp³-hybridized carbons (Fsp3) is 0.833. The van der Waals surface area contributed by atoms with Gasteiger partial charge in [0.25, 0.3) is 0 Å². The molecule has 1 rings (SSSR count). The Morgan fingerprint density at radius 3 is 2.73 bits per heavy atom. The summed E-state index contributed by atoms with van der Waals surface area (Å²) in [6.07, 6.45) is 11.6. The van der Waals surface area contributed by atoms with Crippen molar-refractivity contribution >= 4 is 8.03 Å². The topological polar surface area (TPSA) is 26.3 Å². The molecule has 0 saturated heterocycles. The van der Waals surface area contributed by atoms with Gasteiger partial charge < -0.3 is 4.52 Å². The summed E-state index contributed by atoms with van der Waals surface area (Å²) in [6.45, 7) is 2.16. The Balaban J connectivity index is 2.13. The summed E-state index contributed by atoms with van der Waals surface area (Å²) in [5.41, 5.74) is 0. The Morgan fingerprint density at radius 1 is 1.33 bits per heavy atom. The minimum atomic E-state index is -1.90. The van der Waals surface area contributed by atoms with Gasteiger partial charge in [0, 0.05) is 0 Å². The average molecular weight is 230 g/mol.